The quantitative estimate of drug-likeness (QED) is 0.731. The van der Waals surface area contributed by atoms with Gasteiger partial charge in [0.05, 0.1) is 13.2 Å². The van der Waals surface area contributed by atoms with Crippen LogP contribution in [-0.2, 0) is 9.53 Å². The molecule has 0 aliphatic carbocycles. The predicted molar refractivity (Wildman–Crippen MR) is 107 cm³/mol. The second-order valence-corrected chi connectivity index (χ2v) is 7.18. The van der Waals surface area contributed by atoms with Gasteiger partial charge in [-0.25, -0.2) is 4.39 Å². The van der Waals surface area contributed by atoms with Crippen molar-refractivity contribution < 1.29 is 19.0 Å². The molecule has 3 rings (SSSR count). The van der Waals surface area contributed by atoms with E-state index in [-0.39, 0.29) is 36.3 Å². The molecule has 3 atom stereocenters. The lowest BCUT2D eigenvalue weighted by atomic mass is 9.77. The van der Waals surface area contributed by atoms with Gasteiger partial charge >= 0.3 is 0 Å². The minimum atomic E-state index is -0.259. The van der Waals surface area contributed by atoms with Gasteiger partial charge in [-0.05, 0) is 28.8 Å². The van der Waals surface area contributed by atoms with Crippen molar-refractivity contribution in [1.82, 2.24) is 10.2 Å². The summed E-state index contributed by atoms with van der Waals surface area (Å²) in [7, 11) is 1.62. The van der Waals surface area contributed by atoms with Gasteiger partial charge in [-0.3, -0.25) is 4.79 Å². The number of nitrogens with one attached hydrogen (secondary N) is 1. The Bertz CT molecular complexity index is 797. The topological polar surface area (TPSA) is 61.8 Å². The molecule has 1 aliphatic rings. The van der Waals surface area contributed by atoms with Crippen LogP contribution in [0.4, 0.5) is 4.39 Å². The van der Waals surface area contributed by atoms with Crippen molar-refractivity contribution >= 4 is 5.91 Å². The van der Waals surface area contributed by atoms with Crippen LogP contribution in [0.25, 0.3) is 11.1 Å². The fourth-order valence-electron chi connectivity index (χ4n) is 3.82. The van der Waals surface area contributed by atoms with Crippen LogP contribution < -0.4 is 5.32 Å². The lowest BCUT2D eigenvalue weighted by Gasteiger charge is -2.47. The maximum atomic E-state index is 13.5. The van der Waals surface area contributed by atoms with Crippen LogP contribution in [0.5, 0.6) is 0 Å². The Morgan fingerprint density at radius 3 is 2.54 bits per heavy atom. The Morgan fingerprint density at radius 2 is 1.93 bits per heavy atom. The van der Waals surface area contributed by atoms with Gasteiger partial charge in [0.15, 0.2) is 0 Å². The summed E-state index contributed by atoms with van der Waals surface area (Å²) >= 11 is 0. The minimum absolute atomic E-state index is 0.00602. The monoisotopic (exact) mass is 386 g/mol. The van der Waals surface area contributed by atoms with E-state index in [9.17, 15) is 14.3 Å². The molecule has 1 heterocycles. The number of hydrogen-bond acceptors (Lipinski definition) is 4. The van der Waals surface area contributed by atoms with Crippen LogP contribution in [0, 0.1) is 5.82 Å². The van der Waals surface area contributed by atoms with E-state index in [2.05, 4.69) is 5.32 Å². The normalized spacial score (nSPS) is 21.2. The number of amides is 1. The molecule has 0 unspecified atom stereocenters. The van der Waals surface area contributed by atoms with Gasteiger partial charge in [0.2, 0.25) is 5.91 Å². The van der Waals surface area contributed by atoms with Crippen LogP contribution in [0.3, 0.4) is 0 Å². The number of methoxy groups -OCH3 is 1. The number of hydrogen-bond donors (Lipinski definition) is 2. The number of nitrogens with zero attached hydrogens (tertiary/aromatic N) is 1. The van der Waals surface area contributed by atoms with Crippen molar-refractivity contribution in [3.8, 4) is 11.1 Å². The van der Waals surface area contributed by atoms with Gasteiger partial charge in [-0.15, -0.1) is 0 Å². The highest BCUT2D eigenvalue weighted by molar-refractivity contribution is 5.73. The zero-order valence-electron chi connectivity index (χ0n) is 16.3. The highest BCUT2D eigenvalue weighted by Gasteiger charge is 2.41. The minimum Gasteiger partial charge on any atom is -0.395 e. The molecule has 150 valence electrons. The number of benzene rings is 2. The van der Waals surface area contributed by atoms with Crippen molar-refractivity contribution in [2.45, 2.75) is 24.9 Å². The zero-order chi connectivity index (χ0) is 20.1. The fraction of sp³-hybridized carbons (Fsp3) is 0.409. The highest BCUT2D eigenvalue weighted by Crippen LogP contribution is 2.34. The van der Waals surface area contributed by atoms with Crippen molar-refractivity contribution in [3.05, 3.63) is 59.9 Å². The summed E-state index contributed by atoms with van der Waals surface area (Å²) in [5.41, 5.74) is 2.87. The molecule has 0 aromatic heterocycles. The lowest BCUT2D eigenvalue weighted by Crippen LogP contribution is -2.65. The molecule has 6 heteroatoms. The maximum Gasteiger partial charge on any atom is 0.219 e. The summed E-state index contributed by atoms with van der Waals surface area (Å²) in [5, 5.41) is 13.0. The molecule has 2 aromatic carbocycles. The van der Waals surface area contributed by atoms with Gasteiger partial charge in [0, 0.05) is 45.1 Å². The van der Waals surface area contributed by atoms with Gasteiger partial charge in [0.1, 0.15) is 5.82 Å². The summed E-state index contributed by atoms with van der Waals surface area (Å²) in [6, 6.07) is 14.5. The van der Waals surface area contributed by atoms with E-state index in [1.807, 2.05) is 30.3 Å². The van der Waals surface area contributed by atoms with E-state index in [4.69, 9.17) is 4.74 Å². The number of ether oxygens (including phenoxy) is 1. The molecule has 2 N–H and O–H groups in total. The summed E-state index contributed by atoms with van der Waals surface area (Å²) in [4.78, 5) is 13.7. The fourth-order valence-corrected chi connectivity index (χ4v) is 3.82. The zero-order valence-corrected chi connectivity index (χ0v) is 16.3. The molecule has 2 aromatic rings. The summed E-state index contributed by atoms with van der Waals surface area (Å²) in [5.74, 6) is -0.145. The van der Waals surface area contributed by atoms with Gasteiger partial charge in [0.25, 0.3) is 0 Å². The molecular formula is C22H27FN2O3. The van der Waals surface area contributed by atoms with Crippen LogP contribution in [0.15, 0.2) is 48.5 Å². The van der Waals surface area contributed by atoms with E-state index in [0.717, 1.165) is 16.7 Å². The first-order valence-electron chi connectivity index (χ1n) is 9.50. The SMILES string of the molecule is COCCN(C[C@H]1N[C@H](CO)[C@H]1c1ccc(-c2cccc(F)c2)cc1)C(C)=O. The first-order valence-corrected chi connectivity index (χ1v) is 9.50. The average Bonchev–Trinajstić information content (AvgIpc) is 2.67. The predicted octanol–water partition coefficient (Wildman–Crippen LogP) is 2.40. The second-order valence-electron chi connectivity index (χ2n) is 7.18. The Morgan fingerprint density at radius 1 is 1.18 bits per heavy atom. The molecule has 1 aliphatic heterocycles. The largest absolute Gasteiger partial charge is 0.395 e. The van der Waals surface area contributed by atoms with E-state index in [0.29, 0.717) is 19.7 Å². The standard InChI is InChI=1S/C22H27FN2O3/c1-15(27)25(10-11-28-2)13-20-22(21(14-26)24-20)17-8-6-16(7-9-17)18-4-3-5-19(23)12-18/h3-9,12,20-22,24,26H,10-11,13-14H2,1-2H3/t20-,21-,22+/m1/s1. The molecule has 0 radical (unpaired) electrons. The van der Waals surface area contributed by atoms with Crippen molar-refractivity contribution in [3.63, 3.8) is 0 Å². The molecule has 28 heavy (non-hydrogen) atoms. The Kier molecular flexibility index (Phi) is 6.78. The molecule has 1 fully saturated rings. The molecule has 5 nitrogen and oxygen atoms in total. The van der Waals surface area contributed by atoms with Gasteiger partial charge in [-0.2, -0.15) is 0 Å². The molecule has 1 amide bonds. The van der Waals surface area contributed by atoms with Crippen LogP contribution in [0.1, 0.15) is 18.4 Å². The van der Waals surface area contributed by atoms with E-state index in [1.165, 1.54) is 12.1 Å². The number of carbonyl (C=O) groups is 1. The van der Waals surface area contributed by atoms with Gasteiger partial charge < -0.3 is 20.1 Å². The van der Waals surface area contributed by atoms with E-state index >= 15 is 0 Å². The van der Waals surface area contributed by atoms with Crippen molar-refractivity contribution in [2.75, 3.05) is 33.4 Å². The molecular weight excluding hydrogens is 359 g/mol. The highest BCUT2D eigenvalue weighted by atomic mass is 19.1. The Hall–Kier alpha value is -2.28. The van der Waals surface area contributed by atoms with E-state index in [1.54, 1.807) is 25.0 Å². The lowest BCUT2D eigenvalue weighted by molar-refractivity contribution is -0.130. The molecule has 0 spiro atoms. The van der Waals surface area contributed by atoms with E-state index < -0.39 is 0 Å². The number of halogens is 1. The van der Waals surface area contributed by atoms with Crippen molar-refractivity contribution in [1.29, 1.82) is 0 Å². The third-order valence-electron chi connectivity index (χ3n) is 5.37. The second kappa shape index (κ2) is 9.28. The average molecular weight is 386 g/mol. The third kappa shape index (κ3) is 4.58. The van der Waals surface area contributed by atoms with Gasteiger partial charge in [-0.1, -0.05) is 36.4 Å². The Balaban J connectivity index is 1.74. The number of carbonyl (C=O) groups excluding carboxylic acids is 1. The van der Waals surface area contributed by atoms with Crippen LogP contribution in [0.2, 0.25) is 0 Å². The summed E-state index contributed by atoms with van der Waals surface area (Å²) < 4.78 is 18.6. The first kappa shape index (κ1) is 20.5. The van der Waals surface area contributed by atoms with Crippen LogP contribution >= 0.6 is 0 Å². The first-order chi connectivity index (χ1) is 13.5. The van der Waals surface area contributed by atoms with Crippen molar-refractivity contribution in [2.24, 2.45) is 0 Å². The maximum absolute atomic E-state index is 13.5. The summed E-state index contributed by atoms with van der Waals surface area (Å²) in [6.07, 6.45) is 0. The molecule has 1 saturated heterocycles. The summed E-state index contributed by atoms with van der Waals surface area (Å²) in [6.45, 7) is 3.18. The number of aliphatic hydroxyl groups excluding tert-OH is 1. The number of rotatable bonds is 8. The van der Waals surface area contributed by atoms with Crippen LogP contribution in [-0.4, -0.2) is 61.4 Å². The number of aliphatic hydroxyl groups is 1. The smallest absolute Gasteiger partial charge is 0.219 e. The third-order valence-corrected chi connectivity index (χ3v) is 5.37. The molecule has 0 saturated carbocycles. The Labute approximate surface area is 165 Å². The molecule has 0 bridgehead atoms.